The van der Waals surface area contributed by atoms with Crippen molar-refractivity contribution in [1.29, 1.82) is 0 Å². The van der Waals surface area contributed by atoms with Crippen LogP contribution in [0.15, 0.2) is 24.3 Å². The van der Waals surface area contributed by atoms with Gasteiger partial charge in [-0.1, -0.05) is 25.0 Å². The fraction of sp³-hybridized carbons (Fsp3) is 0.619. The topological polar surface area (TPSA) is 75.9 Å². The molecule has 1 saturated carbocycles. The Labute approximate surface area is 173 Å². The van der Waals surface area contributed by atoms with Gasteiger partial charge in [0.15, 0.2) is 0 Å². The van der Waals surface area contributed by atoms with Crippen molar-refractivity contribution in [3.05, 3.63) is 29.8 Å². The number of hydrogen-bond acceptors (Lipinski definition) is 4. The lowest BCUT2D eigenvalue weighted by Gasteiger charge is -2.42. The van der Waals surface area contributed by atoms with E-state index < -0.39 is 5.54 Å². The second-order valence-corrected chi connectivity index (χ2v) is 8.04. The molecule has 1 aliphatic carbocycles. The van der Waals surface area contributed by atoms with E-state index in [4.69, 9.17) is 10.5 Å². The monoisotopic (exact) mass is 409 g/mol. The molecule has 1 saturated heterocycles. The van der Waals surface area contributed by atoms with E-state index in [-0.39, 0.29) is 30.1 Å². The second-order valence-electron chi connectivity index (χ2n) is 8.04. The Bertz CT molecular complexity index is 687. The van der Waals surface area contributed by atoms with Crippen molar-refractivity contribution in [2.24, 2.45) is 11.7 Å². The summed E-state index contributed by atoms with van der Waals surface area (Å²) in [4.78, 5) is 29.3. The molecule has 2 fully saturated rings. The summed E-state index contributed by atoms with van der Waals surface area (Å²) in [5.74, 6) is 0.926. The molecule has 156 valence electrons. The molecule has 7 heteroatoms. The Morgan fingerprint density at radius 2 is 1.86 bits per heavy atom. The van der Waals surface area contributed by atoms with Gasteiger partial charge in [-0.05, 0) is 37.5 Å². The molecule has 2 amide bonds. The van der Waals surface area contributed by atoms with Gasteiger partial charge in [0.25, 0.3) is 0 Å². The van der Waals surface area contributed by atoms with Crippen LogP contribution in [0.1, 0.15) is 38.2 Å². The third-order valence-corrected chi connectivity index (χ3v) is 5.99. The molecule has 1 aromatic carbocycles. The van der Waals surface area contributed by atoms with Crippen molar-refractivity contribution in [2.45, 2.75) is 44.6 Å². The number of carbonyl (C=O) groups excluding carboxylic acids is 2. The Hall–Kier alpha value is -1.79. The van der Waals surface area contributed by atoms with Crippen LogP contribution in [0.2, 0.25) is 0 Å². The summed E-state index contributed by atoms with van der Waals surface area (Å²) in [5.41, 5.74) is 6.93. The number of nitrogens with zero attached hydrogens (tertiary/aromatic N) is 2. The van der Waals surface area contributed by atoms with Gasteiger partial charge >= 0.3 is 0 Å². The van der Waals surface area contributed by atoms with Crippen molar-refractivity contribution >= 4 is 24.2 Å². The van der Waals surface area contributed by atoms with Crippen LogP contribution in [0.25, 0.3) is 0 Å². The highest BCUT2D eigenvalue weighted by atomic mass is 35.5. The van der Waals surface area contributed by atoms with Crippen molar-refractivity contribution in [3.63, 3.8) is 0 Å². The average Bonchev–Trinajstić information content (AvgIpc) is 2.67. The van der Waals surface area contributed by atoms with Gasteiger partial charge in [0, 0.05) is 31.7 Å². The second kappa shape index (κ2) is 9.61. The molecule has 2 atom stereocenters. The Morgan fingerprint density at radius 1 is 1.18 bits per heavy atom. The summed E-state index contributed by atoms with van der Waals surface area (Å²) in [6, 6.07) is 7.59. The summed E-state index contributed by atoms with van der Waals surface area (Å²) < 4.78 is 5.22. The lowest BCUT2D eigenvalue weighted by Crippen LogP contribution is -2.57. The molecule has 6 nitrogen and oxygen atoms in total. The fourth-order valence-corrected chi connectivity index (χ4v) is 4.23. The third-order valence-electron chi connectivity index (χ3n) is 5.99. The molecule has 0 bridgehead atoms. The molecular weight excluding hydrogens is 378 g/mol. The van der Waals surface area contributed by atoms with Crippen molar-refractivity contribution in [2.75, 3.05) is 33.3 Å². The van der Waals surface area contributed by atoms with E-state index in [0.29, 0.717) is 32.6 Å². The highest BCUT2D eigenvalue weighted by Gasteiger charge is 2.40. The van der Waals surface area contributed by atoms with E-state index in [1.165, 1.54) is 0 Å². The minimum absolute atomic E-state index is 0. The van der Waals surface area contributed by atoms with Gasteiger partial charge in [-0.25, -0.2) is 0 Å². The smallest absolute Gasteiger partial charge is 0.227 e. The highest BCUT2D eigenvalue weighted by molar-refractivity contribution is 5.85. The molecule has 0 radical (unpaired) electrons. The summed E-state index contributed by atoms with van der Waals surface area (Å²) in [6.07, 6.45) is 4.31. The number of carbonyl (C=O) groups is 2. The van der Waals surface area contributed by atoms with E-state index in [2.05, 4.69) is 0 Å². The summed E-state index contributed by atoms with van der Waals surface area (Å²) in [6.45, 7) is 4.36. The zero-order valence-electron chi connectivity index (χ0n) is 16.9. The minimum atomic E-state index is -0.408. The SMILES string of the molecule is COc1cccc(CC(=O)N2CCN(C(=O)C3CCCCC3(C)N)CC2)c1.Cl. The maximum Gasteiger partial charge on any atom is 0.227 e. The van der Waals surface area contributed by atoms with Crippen LogP contribution < -0.4 is 10.5 Å². The molecule has 1 heterocycles. The van der Waals surface area contributed by atoms with E-state index in [0.717, 1.165) is 37.0 Å². The number of methoxy groups -OCH3 is 1. The van der Waals surface area contributed by atoms with Crippen LogP contribution in [-0.2, 0) is 16.0 Å². The maximum absolute atomic E-state index is 12.9. The normalized spacial score (nSPS) is 25.0. The number of ether oxygens (including phenoxy) is 1. The standard InChI is InChI=1S/C21H31N3O3.ClH/c1-21(22)9-4-3-8-18(21)20(26)24-12-10-23(11-13-24)19(25)15-16-6-5-7-17(14-16)27-2;/h5-7,14,18H,3-4,8-13,15,22H2,1-2H3;1H. The number of nitrogens with two attached hydrogens (primary N) is 1. The molecule has 3 rings (SSSR count). The Morgan fingerprint density at radius 3 is 2.50 bits per heavy atom. The largest absolute Gasteiger partial charge is 0.497 e. The first-order valence-corrected chi connectivity index (χ1v) is 9.89. The zero-order chi connectivity index (χ0) is 19.4. The van der Waals surface area contributed by atoms with Gasteiger partial charge in [-0.15, -0.1) is 12.4 Å². The van der Waals surface area contributed by atoms with Crippen LogP contribution in [0.5, 0.6) is 5.75 Å². The van der Waals surface area contributed by atoms with Crippen LogP contribution >= 0.6 is 12.4 Å². The van der Waals surface area contributed by atoms with Crippen molar-refractivity contribution < 1.29 is 14.3 Å². The average molecular weight is 410 g/mol. The van der Waals surface area contributed by atoms with E-state index in [1.807, 2.05) is 41.0 Å². The van der Waals surface area contributed by atoms with Gasteiger partial charge < -0.3 is 20.3 Å². The van der Waals surface area contributed by atoms with Gasteiger partial charge in [0.1, 0.15) is 5.75 Å². The molecule has 0 spiro atoms. The minimum Gasteiger partial charge on any atom is -0.497 e. The molecule has 28 heavy (non-hydrogen) atoms. The fourth-order valence-electron chi connectivity index (χ4n) is 4.23. The first-order valence-electron chi connectivity index (χ1n) is 9.89. The van der Waals surface area contributed by atoms with Crippen LogP contribution in [0.3, 0.4) is 0 Å². The molecule has 2 aliphatic rings. The lowest BCUT2D eigenvalue weighted by molar-refractivity contribution is -0.144. The number of amides is 2. The van der Waals surface area contributed by atoms with Crippen LogP contribution in [0, 0.1) is 5.92 Å². The predicted molar refractivity (Wildman–Crippen MR) is 112 cm³/mol. The van der Waals surface area contributed by atoms with E-state index in [1.54, 1.807) is 7.11 Å². The third kappa shape index (κ3) is 5.17. The number of benzene rings is 1. The van der Waals surface area contributed by atoms with Gasteiger partial charge in [-0.3, -0.25) is 9.59 Å². The van der Waals surface area contributed by atoms with Crippen LogP contribution in [-0.4, -0.2) is 60.4 Å². The molecule has 0 aromatic heterocycles. The molecule has 2 unspecified atom stereocenters. The molecular formula is C21H32ClN3O3. The zero-order valence-corrected chi connectivity index (χ0v) is 17.7. The molecule has 1 aromatic rings. The summed E-state index contributed by atoms with van der Waals surface area (Å²) in [5, 5.41) is 0. The van der Waals surface area contributed by atoms with E-state index >= 15 is 0 Å². The van der Waals surface area contributed by atoms with Gasteiger partial charge in [0.05, 0.1) is 19.4 Å². The number of rotatable bonds is 4. The predicted octanol–water partition coefficient (Wildman–Crippen LogP) is 2.24. The lowest BCUT2D eigenvalue weighted by atomic mass is 9.74. The van der Waals surface area contributed by atoms with Crippen molar-refractivity contribution in [1.82, 2.24) is 9.80 Å². The van der Waals surface area contributed by atoms with Crippen LogP contribution in [0.4, 0.5) is 0 Å². The molecule has 1 aliphatic heterocycles. The van der Waals surface area contributed by atoms with Crippen molar-refractivity contribution in [3.8, 4) is 5.75 Å². The number of piperazine rings is 1. The summed E-state index contributed by atoms with van der Waals surface area (Å²) >= 11 is 0. The van der Waals surface area contributed by atoms with E-state index in [9.17, 15) is 9.59 Å². The quantitative estimate of drug-likeness (QED) is 0.827. The highest BCUT2D eigenvalue weighted by Crippen LogP contribution is 2.33. The number of halogens is 1. The number of hydrogen-bond donors (Lipinski definition) is 1. The summed E-state index contributed by atoms with van der Waals surface area (Å²) in [7, 11) is 1.62. The first kappa shape index (κ1) is 22.5. The van der Waals surface area contributed by atoms with Gasteiger partial charge in [-0.2, -0.15) is 0 Å². The Kier molecular flexibility index (Phi) is 7.72. The Balaban J connectivity index is 0.00000280. The first-order chi connectivity index (χ1) is 12.9. The maximum atomic E-state index is 12.9. The molecule has 2 N–H and O–H groups in total. The van der Waals surface area contributed by atoms with Gasteiger partial charge in [0.2, 0.25) is 11.8 Å².